The molecular formula is C19H16N2O4S. The van der Waals surface area contributed by atoms with Gasteiger partial charge >= 0.3 is 5.97 Å². The summed E-state index contributed by atoms with van der Waals surface area (Å²) in [5.41, 5.74) is 2.17. The molecule has 2 aromatic carbocycles. The van der Waals surface area contributed by atoms with Crippen LogP contribution in [-0.2, 0) is 4.79 Å². The summed E-state index contributed by atoms with van der Waals surface area (Å²) in [5.74, 6) is -0.862. The van der Waals surface area contributed by atoms with Gasteiger partial charge in [0.05, 0.1) is 20.7 Å². The fraction of sp³-hybridized carbons (Fsp3) is 0.158. The number of para-hydroxylation sites is 2. The van der Waals surface area contributed by atoms with Gasteiger partial charge in [-0.1, -0.05) is 24.3 Å². The van der Waals surface area contributed by atoms with Crippen molar-refractivity contribution in [3.05, 3.63) is 69.2 Å². The Hall–Kier alpha value is -3.06. The Morgan fingerprint density at radius 3 is 2.62 bits per heavy atom. The van der Waals surface area contributed by atoms with Crippen LogP contribution in [0.3, 0.4) is 0 Å². The molecule has 0 aliphatic rings. The van der Waals surface area contributed by atoms with Gasteiger partial charge in [-0.2, -0.15) is 0 Å². The maximum Gasteiger partial charge on any atom is 0.303 e. The number of nitro benzene ring substituents is 1. The van der Waals surface area contributed by atoms with Gasteiger partial charge in [0.25, 0.3) is 5.69 Å². The predicted molar refractivity (Wildman–Crippen MR) is 102 cm³/mol. The number of carbonyl (C=O) groups is 1. The Kier molecular flexibility index (Phi) is 5.38. The first-order valence-electron chi connectivity index (χ1n) is 8.06. The molecular weight excluding hydrogens is 352 g/mol. The quantitative estimate of drug-likeness (QED) is 0.468. The summed E-state index contributed by atoms with van der Waals surface area (Å²) in [6, 6.07) is 14.2. The van der Waals surface area contributed by atoms with E-state index in [4.69, 9.17) is 5.11 Å². The molecule has 1 aromatic heterocycles. The minimum Gasteiger partial charge on any atom is -0.481 e. The third-order valence-corrected chi connectivity index (χ3v) is 4.98. The normalized spacial score (nSPS) is 11.6. The van der Waals surface area contributed by atoms with E-state index in [2.05, 4.69) is 4.98 Å². The minimum absolute atomic E-state index is 0.0179. The van der Waals surface area contributed by atoms with Crippen LogP contribution in [0.25, 0.3) is 21.9 Å². The molecule has 26 heavy (non-hydrogen) atoms. The summed E-state index contributed by atoms with van der Waals surface area (Å²) in [6.45, 7) is 0. The predicted octanol–water partition coefficient (Wildman–Crippen LogP) is 5.00. The van der Waals surface area contributed by atoms with E-state index in [1.165, 1.54) is 17.4 Å². The number of carboxylic acid groups (broad SMARTS) is 1. The van der Waals surface area contributed by atoms with Gasteiger partial charge < -0.3 is 5.11 Å². The summed E-state index contributed by atoms with van der Waals surface area (Å²) in [7, 11) is 0. The standard InChI is InChI=1S/C19H16N2O4S/c22-18(23)11-5-7-14(12-13-6-1-3-9-16(13)21(24)25)19-20-15-8-2-4-10-17(15)26-19/h1-4,6,8-10,12H,5,7,11H2,(H,22,23)/b14-12+. The van der Waals surface area contributed by atoms with Crippen LogP contribution < -0.4 is 0 Å². The largest absolute Gasteiger partial charge is 0.481 e. The lowest BCUT2D eigenvalue weighted by Crippen LogP contribution is -1.95. The van der Waals surface area contributed by atoms with Crippen molar-refractivity contribution in [3.63, 3.8) is 0 Å². The van der Waals surface area contributed by atoms with Crippen molar-refractivity contribution in [2.75, 3.05) is 0 Å². The molecule has 0 unspecified atom stereocenters. The molecule has 132 valence electrons. The van der Waals surface area contributed by atoms with Crippen LogP contribution in [0.2, 0.25) is 0 Å². The van der Waals surface area contributed by atoms with Crippen LogP contribution in [-0.4, -0.2) is 21.0 Å². The molecule has 0 spiro atoms. The van der Waals surface area contributed by atoms with E-state index >= 15 is 0 Å². The molecule has 0 fully saturated rings. The zero-order valence-electron chi connectivity index (χ0n) is 13.8. The molecule has 0 saturated carbocycles. The molecule has 1 heterocycles. The first-order valence-corrected chi connectivity index (χ1v) is 8.88. The van der Waals surface area contributed by atoms with Crippen molar-refractivity contribution in [1.29, 1.82) is 0 Å². The lowest BCUT2D eigenvalue weighted by atomic mass is 10.0. The number of nitrogens with zero attached hydrogens (tertiary/aromatic N) is 2. The first-order chi connectivity index (χ1) is 12.5. The maximum absolute atomic E-state index is 11.3. The Morgan fingerprint density at radius 1 is 1.15 bits per heavy atom. The zero-order valence-corrected chi connectivity index (χ0v) is 14.6. The summed E-state index contributed by atoms with van der Waals surface area (Å²) >= 11 is 1.50. The van der Waals surface area contributed by atoms with E-state index in [1.54, 1.807) is 24.3 Å². The van der Waals surface area contributed by atoms with Crippen LogP contribution in [0.15, 0.2) is 48.5 Å². The SMILES string of the molecule is O=C(O)CCC/C(=C\c1ccccc1[N+](=O)[O-])c1nc2ccccc2s1. The van der Waals surface area contributed by atoms with Crippen LogP contribution in [0.4, 0.5) is 5.69 Å². The van der Waals surface area contributed by atoms with Gasteiger partial charge in [-0.05, 0) is 42.7 Å². The highest BCUT2D eigenvalue weighted by Gasteiger charge is 2.14. The van der Waals surface area contributed by atoms with E-state index in [1.807, 2.05) is 24.3 Å². The monoisotopic (exact) mass is 368 g/mol. The highest BCUT2D eigenvalue weighted by molar-refractivity contribution is 7.19. The Bertz CT molecular complexity index is 961. The van der Waals surface area contributed by atoms with E-state index in [0.717, 1.165) is 20.8 Å². The number of fused-ring (bicyclic) bond motifs is 1. The number of hydrogen-bond donors (Lipinski definition) is 1. The lowest BCUT2D eigenvalue weighted by molar-refractivity contribution is -0.385. The summed E-state index contributed by atoms with van der Waals surface area (Å²) in [6.07, 6.45) is 2.71. The molecule has 0 bridgehead atoms. The number of allylic oxidation sites excluding steroid dienone is 1. The van der Waals surface area contributed by atoms with Crippen molar-refractivity contribution in [2.45, 2.75) is 19.3 Å². The number of nitro groups is 1. The van der Waals surface area contributed by atoms with Crippen molar-refractivity contribution < 1.29 is 14.8 Å². The third kappa shape index (κ3) is 4.12. The number of aliphatic carboxylic acids is 1. The molecule has 0 radical (unpaired) electrons. The highest BCUT2D eigenvalue weighted by Crippen LogP contribution is 2.32. The molecule has 7 heteroatoms. The van der Waals surface area contributed by atoms with E-state index < -0.39 is 10.9 Å². The topological polar surface area (TPSA) is 93.3 Å². The lowest BCUT2D eigenvalue weighted by Gasteiger charge is -2.05. The second-order valence-corrected chi connectivity index (χ2v) is 6.75. The van der Waals surface area contributed by atoms with Crippen molar-refractivity contribution >= 4 is 44.9 Å². The fourth-order valence-corrected chi connectivity index (χ4v) is 3.65. The van der Waals surface area contributed by atoms with Crippen LogP contribution in [0.5, 0.6) is 0 Å². The van der Waals surface area contributed by atoms with E-state index in [-0.39, 0.29) is 12.1 Å². The molecule has 3 aromatic rings. The number of benzene rings is 2. The van der Waals surface area contributed by atoms with Gasteiger partial charge in [0.15, 0.2) is 0 Å². The van der Waals surface area contributed by atoms with Gasteiger partial charge in [-0.25, -0.2) is 4.98 Å². The number of aromatic nitrogens is 1. The molecule has 1 N–H and O–H groups in total. The van der Waals surface area contributed by atoms with E-state index in [0.29, 0.717) is 18.4 Å². The van der Waals surface area contributed by atoms with Gasteiger partial charge in [0, 0.05) is 12.5 Å². The number of carboxylic acids is 1. The van der Waals surface area contributed by atoms with Gasteiger partial charge in [-0.3, -0.25) is 14.9 Å². The van der Waals surface area contributed by atoms with Crippen LogP contribution in [0.1, 0.15) is 29.8 Å². The second kappa shape index (κ2) is 7.88. The summed E-state index contributed by atoms with van der Waals surface area (Å²) < 4.78 is 1.02. The smallest absolute Gasteiger partial charge is 0.303 e. The average molecular weight is 368 g/mol. The zero-order chi connectivity index (χ0) is 18.5. The Morgan fingerprint density at radius 2 is 1.88 bits per heavy atom. The second-order valence-electron chi connectivity index (χ2n) is 5.72. The average Bonchev–Trinajstić information content (AvgIpc) is 3.05. The number of thiazole rings is 1. The third-order valence-electron chi connectivity index (χ3n) is 3.87. The van der Waals surface area contributed by atoms with Crippen molar-refractivity contribution in [2.24, 2.45) is 0 Å². The molecule has 0 saturated heterocycles. The van der Waals surface area contributed by atoms with Crippen LogP contribution >= 0.6 is 11.3 Å². The summed E-state index contributed by atoms with van der Waals surface area (Å²) in [4.78, 5) is 26.3. The molecule has 0 aliphatic carbocycles. The first kappa shape index (κ1) is 17.8. The van der Waals surface area contributed by atoms with Crippen LogP contribution in [0, 0.1) is 10.1 Å². The molecule has 0 amide bonds. The highest BCUT2D eigenvalue weighted by atomic mass is 32.1. The number of rotatable bonds is 7. The minimum atomic E-state index is -0.862. The van der Waals surface area contributed by atoms with E-state index in [9.17, 15) is 14.9 Å². The fourth-order valence-electron chi connectivity index (χ4n) is 2.64. The van der Waals surface area contributed by atoms with Crippen molar-refractivity contribution in [1.82, 2.24) is 4.98 Å². The number of hydrogen-bond acceptors (Lipinski definition) is 5. The van der Waals surface area contributed by atoms with Crippen molar-refractivity contribution in [3.8, 4) is 0 Å². The van der Waals surface area contributed by atoms with Gasteiger partial charge in [0.1, 0.15) is 5.01 Å². The molecule has 0 aliphatic heterocycles. The van der Waals surface area contributed by atoms with Gasteiger partial charge in [-0.15, -0.1) is 11.3 Å². The Balaban J connectivity index is 2.03. The van der Waals surface area contributed by atoms with Gasteiger partial charge in [0.2, 0.25) is 0 Å². The maximum atomic E-state index is 11.3. The summed E-state index contributed by atoms with van der Waals surface area (Å²) in [5, 5.41) is 20.9. The molecule has 6 nitrogen and oxygen atoms in total. The molecule has 3 rings (SSSR count). The molecule has 0 atom stereocenters. The Labute approximate surface area is 153 Å².